The van der Waals surface area contributed by atoms with Gasteiger partial charge in [0.1, 0.15) is 5.82 Å². The van der Waals surface area contributed by atoms with Gasteiger partial charge >= 0.3 is 0 Å². The highest BCUT2D eigenvalue weighted by Gasteiger charge is 2.09. The molecule has 1 aromatic heterocycles. The van der Waals surface area contributed by atoms with E-state index in [0.717, 1.165) is 25.8 Å². The number of hydrogen-bond acceptors (Lipinski definition) is 1. The lowest BCUT2D eigenvalue weighted by Crippen LogP contribution is -2.03. The van der Waals surface area contributed by atoms with Crippen molar-refractivity contribution >= 4 is 0 Å². The van der Waals surface area contributed by atoms with Gasteiger partial charge in [-0.15, -0.1) is 0 Å². The molecule has 0 amide bonds. The van der Waals surface area contributed by atoms with Crippen molar-refractivity contribution in [2.75, 3.05) is 0 Å². The predicted octanol–water partition coefficient (Wildman–Crippen LogP) is 13.0. The molecule has 0 saturated heterocycles. The molecule has 2 nitrogen and oxygen atoms in total. The molecule has 2 aromatic rings. The van der Waals surface area contributed by atoms with Crippen molar-refractivity contribution in [3.8, 4) is 0 Å². The molecular weight excluding hydrogens is 508 g/mol. The van der Waals surface area contributed by atoms with Crippen LogP contribution in [0.2, 0.25) is 0 Å². The van der Waals surface area contributed by atoms with E-state index in [2.05, 4.69) is 54.9 Å². The van der Waals surface area contributed by atoms with Gasteiger partial charge in [-0.3, -0.25) is 0 Å². The minimum Gasteiger partial charge on any atom is -0.335 e. The maximum absolute atomic E-state index is 5.15. The van der Waals surface area contributed by atoms with E-state index < -0.39 is 0 Å². The van der Waals surface area contributed by atoms with E-state index in [1.165, 1.54) is 178 Å². The first-order valence-corrected chi connectivity index (χ1v) is 18.9. The molecule has 0 bridgehead atoms. The van der Waals surface area contributed by atoms with Crippen LogP contribution in [0.4, 0.5) is 0 Å². The van der Waals surface area contributed by atoms with E-state index >= 15 is 0 Å². The Morgan fingerprint density at radius 3 is 1.40 bits per heavy atom. The van der Waals surface area contributed by atoms with Crippen LogP contribution in [0.5, 0.6) is 0 Å². The normalized spacial score (nSPS) is 11.5. The standard InChI is InChI=1S/C40H70N2/c1-3-5-7-9-11-12-13-14-15-16-17-18-19-20-21-23-28-35-40-41-39(34-30-33-38-31-26-25-27-32-38)37-42(40)36-29-24-22-10-8-6-4-2/h25-27,31-32,37H,3-24,28-30,33-36H2,1-2H3. The van der Waals surface area contributed by atoms with Crippen LogP contribution < -0.4 is 0 Å². The molecule has 1 aromatic carbocycles. The summed E-state index contributed by atoms with van der Waals surface area (Å²) >= 11 is 0. The second kappa shape index (κ2) is 27.0. The molecule has 0 atom stereocenters. The van der Waals surface area contributed by atoms with Crippen molar-refractivity contribution in [2.45, 2.75) is 200 Å². The molecule has 0 fully saturated rings. The lowest BCUT2D eigenvalue weighted by molar-refractivity contribution is 0.520. The molecule has 0 aliphatic carbocycles. The van der Waals surface area contributed by atoms with Gasteiger partial charge in [-0.25, -0.2) is 4.98 Å². The van der Waals surface area contributed by atoms with E-state index in [9.17, 15) is 0 Å². The molecule has 0 saturated carbocycles. The first-order valence-electron chi connectivity index (χ1n) is 18.9. The van der Waals surface area contributed by atoms with Crippen molar-refractivity contribution in [3.63, 3.8) is 0 Å². The minimum absolute atomic E-state index is 1.10. The second-order valence-corrected chi connectivity index (χ2v) is 13.2. The number of aryl methyl sites for hydroxylation is 4. The number of aromatic nitrogens is 2. The lowest BCUT2D eigenvalue weighted by atomic mass is 10.0. The quantitative estimate of drug-likeness (QED) is 0.0843. The monoisotopic (exact) mass is 579 g/mol. The number of nitrogens with zero attached hydrogens (tertiary/aromatic N) is 2. The third-order valence-electron chi connectivity index (χ3n) is 9.16. The van der Waals surface area contributed by atoms with Crippen LogP contribution in [-0.2, 0) is 25.8 Å². The maximum atomic E-state index is 5.15. The molecule has 2 rings (SSSR count). The zero-order valence-corrected chi connectivity index (χ0v) is 28.4. The fourth-order valence-electron chi connectivity index (χ4n) is 6.39. The van der Waals surface area contributed by atoms with Gasteiger partial charge in [-0.1, -0.05) is 185 Å². The molecule has 1 heterocycles. The summed E-state index contributed by atoms with van der Waals surface area (Å²) in [4.78, 5) is 5.15. The largest absolute Gasteiger partial charge is 0.335 e. The molecule has 0 unspecified atom stereocenters. The summed E-state index contributed by atoms with van der Waals surface area (Å²) in [6, 6.07) is 10.9. The molecule has 0 radical (unpaired) electrons. The van der Waals surface area contributed by atoms with Crippen LogP contribution in [0.1, 0.15) is 191 Å². The number of imidazole rings is 1. The molecule has 2 heteroatoms. The Labute approximate surface area is 262 Å². The predicted molar refractivity (Wildman–Crippen MR) is 187 cm³/mol. The zero-order chi connectivity index (χ0) is 29.8. The Bertz CT molecular complexity index is 823. The maximum Gasteiger partial charge on any atom is 0.108 e. The zero-order valence-electron chi connectivity index (χ0n) is 28.4. The van der Waals surface area contributed by atoms with E-state index in [0.29, 0.717) is 0 Å². The van der Waals surface area contributed by atoms with Gasteiger partial charge in [-0.05, 0) is 37.7 Å². The highest BCUT2D eigenvalue weighted by Crippen LogP contribution is 2.17. The first-order chi connectivity index (χ1) is 20.8. The highest BCUT2D eigenvalue weighted by molar-refractivity contribution is 5.15. The van der Waals surface area contributed by atoms with E-state index in [-0.39, 0.29) is 0 Å². The van der Waals surface area contributed by atoms with Crippen LogP contribution in [0.25, 0.3) is 0 Å². The first kappa shape index (κ1) is 36.6. The van der Waals surface area contributed by atoms with Crippen LogP contribution in [0.3, 0.4) is 0 Å². The molecule has 240 valence electrons. The van der Waals surface area contributed by atoms with E-state index in [4.69, 9.17) is 4.98 Å². The summed E-state index contributed by atoms with van der Waals surface area (Å²) in [6.07, 6.45) is 41.0. The summed E-state index contributed by atoms with van der Waals surface area (Å²) < 4.78 is 2.52. The highest BCUT2D eigenvalue weighted by atomic mass is 15.1. The third kappa shape index (κ3) is 19.6. The summed E-state index contributed by atoms with van der Waals surface area (Å²) in [6.45, 7) is 5.77. The molecule has 0 N–H and O–H groups in total. The fourth-order valence-corrected chi connectivity index (χ4v) is 6.39. The average Bonchev–Trinajstić information content (AvgIpc) is 3.40. The van der Waals surface area contributed by atoms with Crippen molar-refractivity contribution in [1.82, 2.24) is 9.55 Å². The fraction of sp³-hybridized carbons (Fsp3) is 0.775. The molecule has 42 heavy (non-hydrogen) atoms. The molecule has 0 aliphatic rings. The molecule has 0 aliphatic heterocycles. The molecular formula is C40H70N2. The topological polar surface area (TPSA) is 17.8 Å². The summed E-state index contributed by atoms with van der Waals surface area (Å²) in [5.74, 6) is 1.36. The van der Waals surface area contributed by atoms with Crippen molar-refractivity contribution < 1.29 is 0 Å². The van der Waals surface area contributed by atoms with Gasteiger partial charge in [0.05, 0.1) is 5.69 Å². The minimum atomic E-state index is 1.10. The van der Waals surface area contributed by atoms with E-state index in [1.807, 2.05) is 0 Å². The van der Waals surface area contributed by atoms with Gasteiger partial charge in [0.15, 0.2) is 0 Å². The number of benzene rings is 1. The van der Waals surface area contributed by atoms with Crippen LogP contribution >= 0.6 is 0 Å². The van der Waals surface area contributed by atoms with Gasteiger partial charge < -0.3 is 4.57 Å². The van der Waals surface area contributed by atoms with Gasteiger partial charge in [-0.2, -0.15) is 0 Å². The lowest BCUT2D eigenvalue weighted by Gasteiger charge is -2.08. The van der Waals surface area contributed by atoms with Gasteiger partial charge in [0.25, 0.3) is 0 Å². The summed E-state index contributed by atoms with van der Waals surface area (Å²) in [5.41, 5.74) is 2.76. The number of rotatable bonds is 30. The van der Waals surface area contributed by atoms with Crippen LogP contribution in [0.15, 0.2) is 36.5 Å². The average molecular weight is 579 g/mol. The second-order valence-electron chi connectivity index (χ2n) is 13.2. The van der Waals surface area contributed by atoms with Gasteiger partial charge in [0, 0.05) is 19.2 Å². The Kier molecular flexibility index (Phi) is 23.6. The Balaban J connectivity index is 1.56. The Morgan fingerprint density at radius 1 is 0.452 bits per heavy atom. The Hall–Kier alpha value is -1.57. The third-order valence-corrected chi connectivity index (χ3v) is 9.16. The smallest absolute Gasteiger partial charge is 0.108 e. The SMILES string of the molecule is CCCCCCCCCCCCCCCCCCCc1nc(CCCc2ccccc2)cn1CCCCCCCCC. The van der Waals surface area contributed by atoms with Crippen LogP contribution in [0, 0.1) is 0 Å². The number of hydrogen-bond donors (Lipinski definition) is 0. The van der Waals surface area contributed by atoms with E-state index in [1.54, 1.807) is 0 Å². The van der Waals surface area contributed by atoms with Crippen molar-refractivity contribution in [1.29, 1.82) is 0 Å². The summed E-state index contributed by atoms with van der Waals surface area (Å²) in [5, 5.41) is 0. The van der Waals surface area contributed by atoms with Crippen LogP contribution in [-0.4, -0.2) is 9.55 Å². The molecule has 0 spiro atoms. The van der Waals surface area contributed by atoms with Crippen molar-refractivity contribution in [3.05, 3.63) is 53.6 Å². The summed E-state index contributed by atoms with van der Waals surface area (Å²) in [7, 11) is 0. The van der Waals surface area contributed by atoms with Crippen molar-refractivity contribution in [2.24, 2.45) is 0 Å². The number of unbranched alkanes of at least 4 members (excludes halogenated alkanes) is 22. The van der Waals surface area contributed by atoms with Gasteiger partial charge in [0.2, 0.25) is 0 Å². The Morgan fingerprint density at radius 2 is 0.905 bits per heavy atom.